The second-order valence-electron chi connectivity index (χ2n) is 10.2. The first-order valence-corrected chi connectivity index (χ1v) is 12.2. The number of hydrogen-bond acceptors (Lipinski definition) is 5. The normalized spacial score (nSPS) is 20.1. The Balaban J connectivity index is 1.64. The molecule has 2 N–H and O–H groups in total. The molecule has 1 aromatic carbocycles. The zero-order valence-corrected chi connectivity index (χ0v) is 21.2. The highest BCUT2D eigenvalue weighted by molar-refractivity contribution is 5.73. The Labute approximate surface area is 213 Å². The van der Waals surface area contributed by atoms with E-state index in [1.165, 1.54) is 22.9 Å². The van der Waals surface area contributed by atoms with E-state index in [0.717, 1.165) is 28.9 Å². The van der Waals surface area contributed by atoms with Gasteiger partial charge in [0.15, 0.2) is 0 Å². The Morgan fingerprint density at radius 3 is 2.43 bits per heavy atom. The van der Waals surface area contributed by atoms with E-state index in [0.29, 0.717) is 5.69 Å². The lowest BCUT2D eigenvalue weighted by molar-refractivity contribution is -0.118. The quantitative estimate of drug-likeness (QED) is 0.400. The van der Waals surface area contributed by atoms with Crippen molar-refractivity contribution in [2.75, 3.05) is 0 Å². The average molecular weight is 503 g/mol. The molecule has 0 bridgehead atoms. The maximum absolute atomic E-state index is 14.6. The molecule has 0 radical (unpaired) electrons. The molecule has 3 heterocycles. The standard InChI is InChI=1S/C28H28F2N6O/c1-5-18-17-12-22(25-19(29)8-6-9-20(25)30)34-35-26(17)28(4,27(18,2)3)23-11-7-10-21(33-23)16-13-32-36(14-16)15-24(31)37/h6-14,18H,5,15H2,1-4H3,(H2,31,37)/t18-,28-/m0/s1. The molecule has 0 aliphatic heterocycles. The summed E-state index contributed by atoms with van der Waals surface area (Å²) in [6.07, 6.45) is 4.19. The monoisotopic (exact) mass is 502 g/mol. The molecule has 0 saturated heterocycles. The van der Waals surface area contributed by atoms with Crippen LogP contribution in [-0.2, 0) is 16.8 Å². The number of primary amides is 1. The van der Waals surface area contributed by atoms with Gasteiger partial charge >= 0.3 is 0 Å². The van der Waals surface area contributed by atoms with Crippen LogP contribution >= 0.6 is 0 Å². The van der Waals surface area contributed by atoms with Crippen molar-refractivity contribution in [1.29, 1.82) is 0 Å². The first-order chi connectivity index (χ1) is 17.6. The molecule has 2 atom stereocenters. The predicted octanol–water partition coefficient (Wildman–Crippen LogP) is 5.01. The highest BCUT2D eigenvalue weighted by Crippen LogP contribution is 2.61. The fraction of sp³-hybridized carbons (Fsp3) is 0.321. The van der Waals surface area contributed by atoms with Crippen molar-refractivity contribution in [1.82, 2.24) is 25.0 Å². The van der Waals surface area contributed by atoms with Crippen molar-refractivity contribution in [2.24, 2.45) is 11.1 Å². The molecule has 190 valence electrons. The fourth-order valence-electron chi connectivity index (χ4n) is 5.77. The summed E-state index contributed by atoms with van der Waals surface area (Å²) in [7, 11) is 0. The minimum absolute atomic E-state index is 0.0173. The van der Waals surface area contributed by atoms with Gasteiger partial charge in [0.2, 0.25) is 5.91 Å². The molecule has 0 saturated carbocycles. The van der Waals surface area contributed by atoms with Gasteiger partial charge in [-0.25, -0.2) is 8.78 Å². The van der Waals surface area contributed by atoms with E-state index >= 15 is 0 Å². The third-order valence-corrected chi connectivity index (χ3v) is 7.97. The highest BCUT2D eigenvalue weighted by Gasteiger charge is 2.57. The molecule has 37 heavy (non-hydrogen) atoms. The van der Waals surface area contributed by atoms with Crippen LogP contribution in [0.5, 0.6) is 0 Å². The molecular formula is C28H28F2N6O. The van der Waals surface area contributed by atoms with E-state index in [-0.39, 0.29) is 29.1 Å². The number of benzene rings is 1. The van der Waals surface area contributed by atoms with E-state index in [1.54, 1.807) is 18.5 Å². The largest absolute Gasteiger partial charge is 0.368 e. The Bertz CT molecular complexity index is 1490. The summed E-state index contributed by atoms with van der Waals surface area (Å²) < 4.78 is 30.6. The van der Waals surface area contributed by atoms with Crippen LogP contribution in [-0.4, -0.2) is 30.9 Å². The average Bonchev–Trinajstić information content (AvgIpc) is 3.37. The summed E-state index contributed by atoms with van der Waals surface area (Å²) in [6.45, 7) is 8.53. The Kier molecular flexibility index (Phi) is 5.89. The molecule has 9 heteroatoms. The first-order valence-electron chi connectivity index (χ1n) is 12.2. The van der Waals surface area contributed by atoms with Gasteiger partial charge in [-0.2, -0.15) is 10.2 Å². The van der Waals surface area contributed by atoms with Crippen LogP contribution in [0.2, 0.25) is 0 Å². The van der Waals surface area contributed by atoms with Gasteiger partial charge in [0.05, 0.1) is 40.0 Å². The van der Waals surface area contributed by atoms with Crippen molar-refractivity contribution < 1.29 is 13.6 Å². The van der Waals surface area contributed by atoms with E-state index in [4.69, 9.17) is 10.7 Å². The van der Waals surface area contributed by atoms with Crippen LogP contribution in [0.15, 0.2) is 54.9 Å². The summed E-state index contributed by atoms with van der Waals surface area (Å²) >= 11 is 0. The summed E-state index contributed by atoms with van der Waals surface area (Å²) in [6, 6.07) is 11.3. The summed E-state index contributed by atoms with van der Waals surface area (Å²) in [4.78, 5) is 16.3. The van der Waals surface area contributed by atoms with Gasteiger partial charge in [-0.3, -0.25) is 14.5 Å². The number of nitrogens with two attached hydrogens (primary N) is 1. The van der Waals surface area contributed by atoms with E-state index in [2.05, 4.69) is 43.0 Å². The summed E-state index contributed by atoms with van der Waals surface area (Å²) in [5.74, 6) is -1.77. The van der Waals surface area contributed by atoms with Crippen LogP contribution in [0.1, 0.15) is 57.0 Å². The van der Waals surface area contributed by atoms with Gasteiger partial charge in [0.25, 0.3) is 0 Å². The predicted molar refractivity (Wildman–Crippen MR) is 135 cm³/mol. The Morgan fingerprint density at radius 2 is 1.76 bits per heavy atom. The highest BCUT2D eigenvalue weighted by atomic mass is 19.1. The number of carbonyl (C=O) groups is 1. The van der Waals surface area contributed by atoms with E-state index < -0.39 is 23.0 Å². The minimum atomic E-state index is -0.673. The smallest absolute Gasteiger partial charge is 0.239 e. The molecule has 1 aliphatic rings. The number of pyridine rings is 1. The molecule has 1 aliphatic carbocycles. The number of carbonyl (C=O) groups excluding carboxylic acids is 1. The lowest BCUT2D eigenvalue weighted by Crippen LogP contribution is -2.39. The van der Waals surface area contributed by atoms with Crippen molar-refractivity contribution in [3.8, 4) is 22.5 Å². The van der Waals surface area contributed by atoms with Gasteiger partial charge < -0.3 is 5.73 Å². The van der Waals surface area contributed by atoms with Gasteiger partial charge in [0, 0.05) is 11.8 Å². The van der Waals surface area contributed by atoms with Gasteiger partial charge in [0.1, 0.15) is 18.2 Å². The van der Waals surface area contributed by atoms with Crippen LogP contribution < -0.4 is 5.73 Å². The Morgan fingerprint density at radius 1 is 1.05 bits per heavy atom. The second-order valence-corrected chi connectivity index (χ2v) is 10.2. The maximum Gasteiger partial charge on any atom is 0.239 e. The van der Waals surface area contributed by atoms with Crippen molar-refractivity contribution in [3.05, 3.63) is 83.4 Å². The molecule has 0 fully saturated rings. The summed E-state index contributed by atoms with van der Waals surface area (Å²) in [5, 5.41) is 13.1. The zero-order valence-electron chi connectivity index (χ0n) is 21.2. The number of hydrogen-bond donors (Lipinski definition) is 1. The zero-order chi connectivity index (χ0) is 26.5. The molecule has 1 amide bonds. The molecule has 0 spiro atoms. The van der Waals surface area contributed by atoms with Crippen LogP contribution in [0.25, 0.3) is 22.5 Å². The van der Waals surface area contributed by atoms with Crippen LogP contribution in [0.3, 0.4) is 0 Å². The van der Waals surface area contributed by atoms with Crippen molar-refractivity contribution in [3.63, 3.8) is 0 Å². The van der Waals surface area contributed by atoms with Crippen LogP contribution in [0, 0.1) is 17.0 Å². The molecule has 7 nitrogen and oxygen atoms in total. The lowest BCUT2D eigenvalue weighted by Gasteiger charge is -2.41. The van der Waals surface area contributed by atoms with Gasteiger partial charge in [-0.1, -0.05) is 32.9 Å². The number of aromatic nitrogens is 5. The Hall–Kier alpha value is -4.01. The van der Waals surface area contributed by atoms with Crippen molar-refractivity contribution >= 4 is 5.91 Å². The number of nitrogens with zero attached hydrogens (tertiary/aromatic N) is 5. The second kappa shape index (κ2) is 8.83. The SMILES string of the molecule is CC[C@H]1c2cc(-c3c(F)cccc3F)nnc2[C@](C)(c2cccc(-c3cnn(CC(N)=O)c3)n2)C1(C)C. The summed E-state index contributed by atoms with van der Waals surface area (Å²) in [5.41, 5.74) is 8.24. The number of halogens is 2. The number of rotatable bonds is 6. The van der Waals surface area contributed by atoms with Gasteiger partial charge in [-0.15, -0.1) is 5.10 Å². The van der Waals surface area contributed by atoms with E-state index in [1.807, 2.05) is 18.2 Å². The molecule has 0 unspecified atom stereocenters. The van der Waals surface area contributed by atoms with Gasteiger partial charge in [-0.05, 0) is 60.6 Å². The molecule has 4 aromatic rings. The molecule has 3 aromatic heterocycles. The third-order valence-electron chi connectivity index (χ3n) is 7.97. The number of fused-ring (bicyclic) bond motifs is 1. The topological polar surface area (TPSA) is 99.6 Å². The lowest BCUT2D eigenvalue weighted by atomic mass is 9.62. The first kappa shape index (κ1) is 24.7. The van der Waals surface area contributed by atoms with Crippen molar-refractivity contribution in [2.45, 2.75) is 52.0 Å². The van der Waals surface area contributed by atoms with E-state index in [9.17, 15) is 13.6 Å². The third kappa shape index (κ3) is 3.80. The fourth-order valence-corrected chi connectivity index (χ4v) is 5.77. The maximum atomic E-state index is 14.6. The molecular weight excluding hydrogens is 474 g/mol. The number of amides is 1. The minimum Gasteiger partial charge on any atom is -0.368 e. The molecule has 5 rings (SSSR count). The van der Waals surface area contributed by atoms with Crippen LogP contribution in [0.4, 0.5) is 8.78 Å².